The second kappa shape index (κ2) is 5.00. The second-order valence-corrected chi connectivity index (χ2v) is 4.99. The van der Waals surface area contributed by atoms with Gasteiger partial charge >= 0.3 is 6.18 Å². The monoisotopic (exact) mass is 286 g/mol. The predicted octanol–water partition coefficient (Wildman–Crippen LogP) is 3.57. The molecule has 3 nitrogen and oxygen atoms in total. The number of likely N-dealkylation sites (N-methyl/N-ethyl adjacent to an activating group) is 1. The molecule has 1 atom stereocenters. The zero-order valence-electron chi connectivity index (χ0n) is 11.4. The SMILES string of the molecule is CCCCC1(C(F)(F)F)C(=O)Nc2ccccc2N1C. The van der Waals surface area contributed by atoms with Gasteiger partial charge in [0.2, 0.25) is 5.54 Å². The van der Waals surface area contributed by atoms with Crippen molar-refractivity contribution < 1.29 is 18.0 Å². The van der Waals surface area contributed by atoms with Crippen molar-refractivity contribution in [2.45, 2.75) is 37.9 Å². The zero-order valence-corrected chi connectivity index (χ0v) is 11.4. The van der Waals surface area contributed by atoms with Crippen LogP contribution in [0.3, 0.4) is 0 Å². The molecule has 0 saturated heterocycles. The minimum Gasteiger partial charge on any atom is -0.351 e. The van der Waals surface area contributed by atoms with Crippen LogP contribution in [0.2, 0.25) is 0 Å². The number of carbonyl (C=O) groups excluding carboxylic acids is 1. The maximum absolute atomic E-state index is 13.6. The molecule has 1 unspecified atom stereocenters. The molecule has 0 aliphatic carbocycles. The fourth-order valence-electron chi connectivity index (χ4n) is 2.63. The summed E-state index contributed by atoms with van der Waals surface area (Å²) in [6, 6.07) is 6.53. The lowest BCUT2D eigenvalue weighted by Crippen LogP contribution is -2.66. The van der Waals surface area contributed by atoms with Gasteiger partial charge in [-0.15, -0.1) is 0 Å². The van der Waals surface area contributed by atoms with Gasteiger partial charge in [-0.2, -0.15) is 13.2 Å². The van der Waals surface area contributed by atoms with Gasteiger partial charge in [-0.25, -0.2) is 0 Å². The van der Waals surface area contributed by atoms with E-state index in [4.69, 9.17) is 0 Å². The summed E-state index contributed by atoms with van der Waals surface area (Å²) >= 11 is 0. The molecule has 110 valence electrons. The van der Waals surface area contributed by atoms with Crippen LogP contribution >= 0.6 is 0 Å². The van der Waals surface area contributed by atoms with Crippen molar-refractivity contribution in [3.05, 3.63) is 24.3 Å². The summed E-state index contributed by atoms with van der Waals surface area (Å²) in [4.78, 5) is 13.2. The zero-order chi connectivity index (χ0) is 15.0. The molecular weight excluding hydrogens is 269 g/mol. The molecule has 0 bridgehead atoms. The molecule has 0 aromatic heterocycles. The summed E-state index contributed by atoms with van der Waals surface area (Å²) < 4.78 is 40.8. The number of hydrogen-bond acceptors (Lipinski definition) is 2. The molecule has 1 aliphatic heterocycles. The van der Waals surface area contributed by atoms with Gasteiger partial charge < -0.3 is 10.2 Å². The summed E-state index contributed by atoms with van der Waals surface area (Å²) in [5, 5.41) is 2.40. The number of nitrogens with zero attached hydrogens (tertiary/aromatic N) is 1. The number of alkyl halides is 3. The van der Waals surface area contributed by atoms with Crippen molar-refractivity contribution in [2.75, 3.05) is 17.3 Å². The van der Waals surface area contributed by atoms with E-state index in [-0.39, 0.29) is 6.42 Å². The van der Waals surface area contributed by atoms with Gasteiger partial charge in [0.1, 0.15) is 0 Å². The molecule has 20 heavy (non-hydrogen) atoms. The molecule has 1 aromatic rings. The second-order valence-electron chi connectivity index (χ2n) is 4.99. The van der Waals surface area contributed by atoms with Crippen LogP contribution in [0.25, 0.3) is 0 Å². The molecule has 1 aliphatic rings. The molecule has 2 rings (SSSR count). The first kappa shape index (κ1) is 14.7. The lowest BCUT2D eigenvalue weighted by molar-refractivity contribution is -0.191. The molecule has 6 heteroatoms. The van der Waals surface area contributed by atoms with Crippen molar-refractivity contribution in [3.63, 3.8) is 0 Å². The number of fused-ring (bicyclic) bond motifs is 1. The highest BCUT2D eigenvalue weighted by molar-refractivity contribution is 6.07. The van der Waals surface area contributed by atoms with Crippen molar-refractivity contribution in [2.24, 2.45) is 0 Å². The largest absolute Gasteiger partial charge is 0.420 e. The Morgan fingerprint density at radius 3 is 2.55 bits per heavy atom. The number of benzene rings is 1. The first-order chi connectivity index (χ1) is 9.34. The number of nitrogens with one attached hydrogen (secondary N) is 1. The lowest BCUT2D eigenvalue weighted by atomic mass is 9.86. The Kier molecular flexibility index (Phi) is 3.67. The third kappa shape index (κ3) is 2.03. The van der Waals surface area contributed by atoms with Gasteiger partial charge in [0.15, 0.2) is 0 Å². The quantitative estimate of drug-likeness (QED) is 0.921. The minimum absolute atomic E-state index is 0.246. The van der Waals surface area contributed by atoms with Crippen LogP contribution < -0.4 is 10.2 Å². The van der Waals surface area contributed by atoms with Crippen LogP contribution in [-0.4, -0.2) is 24.7 Å². The molecule has 1 heterocycles. The number of anilines is 2. The molecule has 1 N–H and O–H groups in total. The van der Waals surface area contributed by atoms with Gasteiger partial charge in [-0.1, -0.05) is 31.9 Å². The molecule has 0 saturated carbocycles. The standard InChI is InChI=1S/C14H17F3N2O/c1-3-4-9-13(14(15,16)17)12(20)18-10-7-5-6-8-11(10)19(13)2/h5-8H,3-4,9H2,1-2H3,(H,18,20). The number of rotatable bonds is 3. The fraction of sp³-hybridized carbons (Fsp3) is 0.500. The predicted molar refractivity (Wildman–Crippen MR) is 71.8 cm³/mol. The smallest absolute Gasteiger partial charge is 0.351 e. The summed E-state index contributed by atoms with van der Waals surface area (Å²) in [6.45, 7) is 1.80. The first-order valence-corrected chi connectivity index (χ1v) is 6.55. The Bertz CT molecular complexity index is 515. The van der Waals surface area contributed by atoms with Crippen LogP contribution in [0.1, 0.15) is 26.2 Å². The van der Waals surface area contributed by atoms with Crippen molar-refractivity contribution in [1.29, 1.82) is 0 Å². The van der Waals surface area contributed by atoms with Gasteiger partial charge in [0.05, 0.1) is 11.4 Å². The number of hydrogen-bond donors (Lipinski definition) is 1. The summed E-state index contributed by atoms with van der Waals surface area (Å²) in [5.74, 6) is -1.00. The maximum atomic E-state index is 13.6. The Labute approximate surface area is 115 Å². The third-order valence-electron chi connectivity index (χ3n) is 3.82. The number of unbranched alkanes of at least 4 members (excludes halogenated alkanes) is 1. The van der Waals surface area contributed by atoms with E-state index < -0.39 is 17.6 Å². The highest BCUT2D eigenvalue weighted by Gasteiger charge is 2.64. The van der Waals surface area contributed by atoms with Crippen LogP contribution in [0.5, 0.6) is 0 Å². The van der Waals surface area contributed by atoms with Crippen LogP contribution in [-0.2, 0) is 4.79 Å². The third-order valence-corrected chi connectivity index (χ3v) is 3.82. The highest BCUT2D eigenvalue weighted by atomic mass is 19.4. The van der Waals surface area contributed by atoms with Gasteiger partial charge in [-0.3, -0.25) is 4.79 Å². The van der Waals surface area contributed by atoms with E-state index in [9.17, 15) is 18.0 Å². The summed E-state index contributed by atoms with van der Waals surface area (Å²) in [6.07, 6.45) is -3.95. The van der Waals surface area contributed by atoms with Gasteiger partial charge in [0, 0.05) is 7.05 Å². The number of carbonyl (C=O) groups is 1. The highest BCUT2D eigenvalue weighted by Crippen LogP contribution is 2.46. The molecule has 0 spiro atoms. The van der Waals surface area contributed by atoms with Crippen LogP contribution in [0.4, 0.5) is 24.5 Å². The lowest BCUT2D eigenvalue weighted by Gasteiger charge is -2.46. The van der Waals surface area contributed by atoms with E-state index in [0.717, 1.165) is 4.90 Å². The van der Waals surface area contributed by atoms with E-state index in [2.05, 4.69) is 5.32 Å². The molecule has 0 fully saturated rings. The van der Waals surface area contributed by atoms with Gasteiger partial charge in [0.25, 0.3) is 5.91 Å². The molecule has 1 aromatic carbocycles. The van der Waals surface area contributed by atoms with Gasteiger partial charge in [-0.05, 0) is 18.6 Å². The Balaban J connectivity index is 2.54. The average Bonchev–Trinajstić information content (AvgIpc) is 2.37. The van der Waals surface area contributed by atoms with Crippen molar-refractivity contribution in [3.8, 4) is 0 Å². The minimum atomic E-state index is -4.63. The average molecular weight is 286 g/mol. The van der Waals surface area contributed by atoms with Crippen LogP contribution in [0.15, 0.2) is 24.3 Å². The van der Waals surface area contributed by atoms with E-state index >= 15 is 0 Å². The first-order valence-electron chi connectivity index (χ1n) is 6.55. The maximum Gasteiger partial charge on any atom is 0.420 e. The topological polar surface area (TPSA) is 32.3 Å². The summed E-state index contributed by atoms with van der Waals surface area (Å²) in [5.41, 5.74) is -1.69. The number of amides is 1. The Morgan fingerprint density at radius 2 is 1.95 bits per heavy atom. The number of halogens is 3. The fourth-order valence-corrected chi connectivity index (χ4v) is 2.63. The Hall–Kier alpha value is -1.72. The molecule has 0 radical (unpaired) electrons. The van der Waals surface area contributed by atoms with E-state index in [1.165, 1.54) is 7.05 Å². The van der Waals surface area contributed by atoms with Crippen molar-refractivity contribution in [1.82, 2.24) is 0 Å². The Morgan fingerprint density at radius 1 is 1.30 bits per heavy atom. The normalized spacial score (nSPS) is 22.4. The molecule has 1 amide bonds. The number of para-hydroxylation sites is 2. The van der Waals surface area contributed by atoms with E-state index in [1.807, 2.05) is 0 Å². The van der Waals surface area contributed by atoms with Crippen molar-refractivity contribution >= 4 is 17.3 Å². The van der Waals surface area contributed by atoms with Crippen LogP contribution in [0, 0.1) is 0 Å². The van der Waals surface area contributed by atoms with E-state index in [1.54, 1.807) is 31.2 Å². The van der Waals surface area contributed by atoms with E-state index in [0.29, 0.717) is 24.2 Å². The molecular formula is C14H17F3N2O. The summed E-state index contributed by atoms with van der Waals surface area (Å²) in [7, 11) is 1.33.